The van der Waals surface area contributed by atoms with Gasteiger partial charge in [0.25, 0.3) is 0 Å². The number of carbonyl (C=O) groups excluding carboxylic acids is 4. The van der Waals surface area contributed by atoms with Gasteiger partial charge in [-0.2, -0.15) is 0 Å². The molecule has 0 aromatic carbocycles. The summed E-state index contributed by atoms with van der Waals surface area (Å²) >= 11 is 0. The molecular formula is C35H58N2O11. The molecule has 0 aromatic rings. The number of Topliss-reactive ketones (excluding diaryl/α,β-unsaturated/α-hetero) is 1. The van der Waals surface area contributed by atoms with Crippen LogP contribution in [0.25, 0.3) is 0 Å². The van der Waals surface area contributed by atoms with Gasteiger partial charge in [0.15, 0.2) is 17.7 Å². The number of amides is 1. The zero-order valence-electron chi connectivity index (χ0n) is 30.7. The van der Waals surface area contributed by atoms with Crippen molar-refractivity contribution in [2.24, 2.45) is 23.7 Å². The van der Waals surface area contributed by atoms with E-state index < -0.39 is 77.5 Å². The maximum atomic E-state index is 14.2. The van der Waals surface area contributed by atoms with Gasteiger partial charge in [-0.15, -0.1) is 0 Å². The summed E-state index contributed by atoms with van der Waals surface area (Å²) in [4.78, 5) is 54.3. The van der Waals surface area contributed by atoms with Crippen LogP contribution in [0.5, 0.6) is 0 Å². The van der Waals surface area contributed by atoms with Crippen molar-refractivity contribution in [3.8, 4) is 0 Å². The van der Waals surface area contributed by atoms with Gasteiger partial charge in [-0.1, -0.05) is 33.3 Å². The number of alkyl carbamates (subject to hydrolysis) is 1. The number of fused-ring (bicyclic) bond motifs is 1. The minimum atomic E-state index is -1.27. The Kier molecular flexibility index (Phi) is 13.3. The average Bonchev–Trinajstić information content (AvgIpc) is 3.33. The Bertz CT molecular complexity index is 1210. The normalized spacial score (nSPS) is 42.4. The minimum absolute atomic E-state index is 0.00821. The molecular weight excluding hydrogens is 624 g/mol. The van der Waals surface area contributed by atoms with Crippen LogP contribution in [0.2, 0.25) is 0 Å². The van der Waals surface area contributed by atoms with Gasteiger partial charge in [0.1, 0.15) is 24.7 Å². The molecule has 274 valence electrons. The van der Waals surface area contributed by atoms with Crippen LogP contribution in [0.4, 0.5) is 4.79 Å². The topological polar surface area (TPSA) is 159 Å². The number of ketones is 1. The maximum Gasteiger partial charge on any atom is 0.408 e. The molecule has 13 nitrogen and oxygen atoms in total. The summed E-state index contributed by atoms with van der Waals surface area (Å²) in [7, 11) is 5.29. The van der Waals surface area contributed by atoms with Gasteiger partial charge in [-0.25, -0.2) is 4.79 Å². The first kappa shape index (κ1) is 39.9. The number of likely N-dealkylation sites (N-methyl/N-ethyl adjacent to an activating group) is 1. The molecule has 3 saturated heterocycles. The number of rotatable bonds is 7. The monoisotopic (exact) mass is 682 g/mol. The molecule has 2 N–H and O–H groups in total. The number of hydrogen-bond donors (Lipinski definition) is 2. The zero-order valence-corrected chi connectivity index (χ0v) is 30.7. The fourth-order valence-electron chi connectivity index (χ4n) is 7.87. The number of cyclic esters (lactones) is 1. The van der Waals surface area contributed by atoms with Crippen molar-refractivity contribution in [3.05, 3.63) is 11.6 Å². The van der Waals surface area contributed by atoms with Gasteiger partial charge in [-0.05, 0) is 73.0 Å². The lowest BCUT2D eigenvalue weighted by atomic mass is 9.71. The number of ether oxygens (including phenoxy) is 6. The van der Waals surface area contributed by atoms with Gasteiger partial charge in [0, 0.05) is 31.9 Å². The Morgan fingerprint density at radius 2 is 1.75 bits per heavy atom. The number of methoxy groups -OCH3 is 1. The van der Waals surface area contributed by atoms with Crippen LogP contribution in [0, 0.1) is 23.7 Å². The predicted molar refractivity (Wildman–Crippen MR) is 176 cm³/mol. The van der Waals surface area contributed by atoms with E-state index in [1.807, 2.05) is 59.7 Å². The quantitative estimate of drug-likeness (QED) is 0.175. The van der Waals surface area contributed by atoms with Crippen molar-refractivity contribution in [1.29, 1.82) is 0 Å². The third-order valence-corrected chi connectivity index (χ3v) is 10.7. The van der Waals surface area contributed by atoms with Crippen molar-refractivity contribution in [2.75, 3.05) is 27.8 Å². The highest BCUT2D eigenvalue weighted by atomic mass is 16.7. The second kappa shape index (κ2) is 16.0. The summed E-state index contributed by atoms with van der Waals surface area (Å²) in [5, 5.41) is 14.3. The summed E-state index contributed by atoms with van der Waals surface area (Å²) in [6.45, 7) is 15.7. The summed E-state index contributed by atoms with van der Waals surface area (Å²) < 4.78 is 36.1. The van der Waals surface area contributed by atoms with Gasteiger partial charge in [-0.3, -0.25) is 14.4 Å². The van der Waals surface area contributed by atoms with E-state index in [2.05, 4.69) is 5.32 Å². The molecule has 0 saturated carbocycles. The van der Waals surface area contributed by atoms with Crippen molar-refractivity contribution in [2.45, 2.75) is 136 Å². The van der Waals surface area contributed by atoms with Crippen LogP contribution in [0.15, 0.2) is 11.6 Å². The van der Waals surface area contributed by atoms with Crippen molar-refractivity contribution in [1.82, 2.24) is 10.2 Å². The molecule has 0 spiro atoms. The molecule has 0 unspecified atom stereocenters. The largest absolute Gasteiger partial charge is 0.462 e. The van der Waals surface area contributed by atoms with E-state index in [-0.39, 0.29) is 30.6 Å². The zero-order chi connectivity index (χ0) is 36.3. The minimum Gasteiger partial charge on any atom is -0.462 e. The first-order chi connectivity index (χ1) is 22.3. The Morgan fingerprint density at radius 1 is 1.10 bits per heavy atom. The number of aliphatic hydroxyl groups excluding tert-OH is 1. The van der Waals surface area contributed by atoms with Crippen LogP contribution in [-0.4, -0.2) is 116 Å². The van der Waals surface area contributed by atoms with E-state index in [9.17, 15) is 24.3 Å². The summed E-state index contributed by atoms with van der Waals surface area (Å²) in [5.41, 5.74) is -1.60. The smallest absolute Gasteiger partial charge is 0.408 e. The molecule has 1 amide bonds. The Morgan fingerprint density at radius 3 is 2.31 bits per heavy atom. The highest BCUT2D eigenvalue weighted by Crippen LogP contribution is 2.43. The fraction of sp³-hybridized carbons (Fsp3) is 0.829. The molecule has 0 aromatic heterocycles. The summed E-state index contributed by atoms with van der Waals surface area (Å²) in [6, 6.07) is -0.900. The lowest BCUT2D eigenvalue weighted by molar-refractivity contribution is -0.295. The van der Waals surface area contributed by atoms with Crippen LogP contribution < -0.4 is 5.32 Å². The van der Waals surface area contributed by atoms with E-state index in [1.54, 1.807) is 13.8 Å². The standard InChI is InChI=1S/C35H58N2O11/c1-13-26-35(9)29(36-33(42)48-35)20(4)24(14-15-44-23(7)38)18(2)17-34(8,43-12)30(21(5)27(39)22(6)31(41)46-26)47-32-28(40)25(37(10)11)16-19(3)45-32/h14,18-22,25-26,28-30,32,40H,13,15-17H2,1-12H3,(H,36,42)/b24-14+/t18-,19-,20+,21+,22-,25+,26-,28-,29-,30-,32+,34-,35-/m1/s1. The number of esters is 2. The van der Waals surface area contributed by atoms with Crippen molar-refractivity contribution in [3.63, 3.8) is 0 Å². The summed E-state index contributed by atoms with van der Waals surface area (Å²) in [6.07, 6.45) is -1.82. The number of nitrogens with zero attached hydrogens (tertiary/aromatic N) is 1. The number of hydrogen-bond acceptors (Lipinski definition) is 12. The third kappa shape index (κ3) is 8.40. The second-order valence-electron chi connectivity index (χ2n) is 14.5. The highest BCUT2D eigenvalue weighted by Gasteiger charge is 2.56. The Labute approximate surface area is 285 Å². The molecule has 13 atom stereocenters. The third-order valence-electron chi connectivity index (χ3n) is 10.7. The molecule has 13 heteroatoms. The fourth-order valence-corrected chi connectivity index (χ4v) is 7.87. The first-order valence-electron chi connectivity index (χ1n) is 17.1. The first-order valence-corrected chi connectivity index (χ1v) is 17.1. The van der Waals surface area contributed by atoms with Crippen molar-refractivity contribution >= 4 is 23.8 Å². The lowest BCUT2D eigenvalue weighted by Gasteiger charge is -2.47. The van der Waals surface area contributed by atoms with Gasteiger partial charge in [0.05, 0.1) is 23.9 Å². The molecule has 0 aliphatic carbocycles. The van der Waals surface area contributed by atoms with Gasteiger partial charge in [0.2, 0.25) is 0 Å². The Balaban J connectivity index is 2.18. The predicted octanol–water partition coefficient (Wildman–Crippen LogP) is 3.40. The van der Waals surface area contributed by atoms with Crippen LogP contribution >= 0.6 is 0 Å². The number of nitrogens with one attached hydrogen (secondary N) is 1. The molecule has 3 heterocycles. The van der Waals surface area contributed by atoms with Crippen LogP contribution in [-0.2, 0) is 42.8 Å². The van der Waals surface area contributed by atoms with Gasteiger partial charge >= 0.3 is 18.0 Å². The SMILES string of the molecule is CC[C@H]1OC(=O)[C@H](C)C(=O)[C@H](C)[C@@H](O[C@@H]2O[C@H](C)C[C@H](N(C)C)[C@H]2O)[C@](C)(OC)C[C@@H](C)/C(=C\COC(C)=O)[C@H](C)[C@H]2NC(=O)O[C@@]21C. The molecule has 0 radical (unpaired) electrons. The maximum absolute atomic E-state index is 14.2. The average molecular weight is 683 g/mol. The number of carbonyl (C=O) groups is 4. The Hall–Kier alpha value is -2.58. The van der Waals surface area contributed by atoms with Gasteiger partial charge < -0.3 is 43.7 Å². The summed E-state index contributed by atoms with van der Waals surface area (Å²) in [5.74, 6) is -4.37. The van der Waals surface area contributed by atoms with E-state index in [4.69, 9.17) is 28.4 Å². The van der Waals surface area contributed by atoms with Crippen molar-refractivity contribution < 1.29 is 52.7 Å². The molecule has 3 aliphatic rings. The van der Waals surface area contributed by atoms with E-state index in [0.29, 0.717) is 19.3 Å². The second-order valence-corrected chi connectivity index (χ2v) is 14.5. The van der Waals surface area contributed by atoms with E-state index in [1.165, 1.54) is 21.0 Å². The lowest BCUT2D eigenvalue weighted by Crippen LogP contribution is -2.59. The highest BCUT2D eigenvalue weighted by molar-refractivity contribution is 6.00. The molecule has 3 rings (SSSR count). The van der Waals surface area contributed by atoms with E-state index >= 15 is 0 Å². The van der Waals surface area contributed by atoms with E-state index in [0.717, 1.165) is 5.57 Å². The molecule has 48 heavy (non-hydrogen) atoms. The molecule has 3 aliphatic heterocycles. The molecule has 3 fully saturated rings. The molecule has 0 bridgehead atoms. The number of aliphatic hydroxyl groups is 1. The van der Waals surface area contributed by atoms with Crippen LogP contribution in [0.3, 0.4) is 0 Å². The van der Waals surface area contributed by atoms with Crippen LogP contribution in [0.1, 0.15) is 81.6 Å².